The summed E-state index contributed by atoms with van der Waals surface area (Å²) in [6, 6.07) is 6.14. The van der Waals surface area contributed by atoms with Crippen LogP contribution < -0.4 is 11.1 Å². The van der Waals surface area contributed by atoms with Gasteiger partial charge >= 0.3 is 0 Å². The Labute approximate surface area is 129 Å². The number of nitrogen functional groups attached to an aromatic ring is 1. The van der Waals surface area contributed by atoms with Crippen LogP contribution in [0.15, 0.2) is 18.2 Å². The maximum Gasteiger partial charge on any atom is 0.263 e. The second-order valence-electron chi connectivity index (χ2n) is 6.54. The van der Waals surface area contributed by atoms with E-state index in [1.165, 1.54) is 24.2 Å². The minimum atomic E-state index is -0.0294. The molecular formula is C17H22N2OS. The summed E-state index contributed by atoms with van der Waals surface area (Å²) in [4.78, 5) is 13.1. The second-order valence-corrected chi connectivity index (χ2v) is 7.60. The third-order valence-corrected chi connectivity index (χ3v) is 5.99. The van der Waals surface area contributed by atoms with Crippen LogP contribution in [0.5, 0.6) is 0 Å². The summed E-state index contributed by atoms with van der Waals surface area (Å²) in [5.41, 5.74) is 8.27. The van der Waals surface area contributed by atoms with Gasteiger partial charge in [-0.3, -0.25) is 4.79 Å². The monoisotopic (exact) mass is 302 g/mol. The summed E-state index contributed by atoms with van der Waals surface area (Å²) in [6.07, 6.45) is 2.43. The second kappa shape index (κ2) is 5.02. The number of aryl methyl sites for hydroxylation is 1. The molecule has 1 fully saturated rings. The molecule has 3 rings (SSSR count). The number of rotatable bonds is 4. The molecule has 1 aliphatic carbocycles. The molecule has 0 atom stereocenters. The topological polar surface area (TPSA) is 55.1 Å². The fraction of sp³-hybridized carbons (Fsp3) is 0.471. The Balaban J connectivity index is 1.80. The van der Waals surface area contributed by atoms with Gasteiger partial charge in [-0.05, 0) is 43.2 Å². The highest BCUT2D eigenvalue weighted by Gasteiger charge is 2.45. The SMILES string of the molecule is Cc1ccc2sc(C(=O)NCC3(C(C)C)CC3)c(N)c2c1. The van der Waals surface area contributed by atoms with Gasteiger partial charge in [0.25, 0.3) is 5.91 Å². The van der Waals surface area contributed by atoms with Crippen LogP contribution in [0.2, 0.25) is 0 Å². The molecule has 21 heavy (non-hydrogen) atoms. The van der Waals surface area contributed by atoms with Crippen molar-refractivity contribution in [3.8, 4) is 0 Å². The molecule has 0 aliphatic heterocycles. The number of carbonyl (C=O) groups is 1. The third kappa shape index (κ3) is 2.53. The van der Waals surface area contributed by atoms with E-state index < -0.39 is 0 Å². The Kier molecular flexibility index (Phi) is 3.44. The highest BCUT2D eigenvalue weighted by atomic mass is 32.1. The lowest BCUT2D eigenvalue weighted by molar-refractivity contribution is 0.0944. The van der Waals surface area contributed by atoms with E-state index in [0.29, 0.717) is 21.9 Å². The molecule has 3 N–H and O–H groups in total. The van der Waals surface area contributed by atoms with Gasteiger partial charge in [0.1, 0.15) is 4.88 Å². The van der Waals surface area contributed by atoms with Crippen molar-refractivity contribution in [1.82, 2.24) is 5.32 Å². The Bertz CT molecular complexity index is 698. The van der Waals surface area contributed by atoms with Crippen LogP contribution >= 0.6 is 11.3 Å². The van der Waals surface area contributed by atoms with Gasteiger partial charge in [0.15, 0.2) is 0 Å². The van der Waals surface area contributed by atoms with Crippen molar-refractivity contribution in [2.75, 3.05) is 12.3 Å². The number of nitrogens with one attached hydrogen (secondary N) is 1. The number of benzene rings is 1. The first-order chi connectivity index (χ1) is 9.93. The molecule has 1 heterocycles. The number of anilines is 1. The predicted octanol–water partition coefficient (Wildman–Crippen LogP) is 3.96. The number of hydrogen-bond donors (Lipinski definition) is 2. The first-order valence-corrected chi connectivity index (χ1v) is 8.31. The van der Waals surface area contributed by atoms with E-state index in [-0.39, 0.29) is 5.91 Å². The van der Waals surface area contributed by atoms with Crippen molar-refractivity contribution in [3.05, 3.63) is 28.6 Å². The van der Waals surface area contributed by atoms with Crippen molar-refractivity contribution >= 4 is 33.0 Å². The van der Waals surface area contributed by atoms with E-state index >= 15 is 0 Å². The fourth-order valence-corrected chi connectivity index (χ4v) is 3.87. The average Bonchev–Trinajstić information content (AvgIpc) is 3.18. The van der Waals surface area contributed by atoms with Gasteiger partial charge in [-0.15, -0.1) is 11.3 Å². The average molecular weight is 302 g/mol. The van der Waals surface area contributed by atoms with Gasteiger partial charge in [-0.1, -0.05) is 25.5 Å². The molecular weight excluding hydrogens is 280 g/mol. The number of carbonyl (C=O) groups excluding carboxylic acids is 1. The minimum Gasteiger partial charge on any atom is -0.397 e. The number of thiophene rings is 1. The number of amides is 1. The van der Waals surface area contributed by atoms with Crippen molar-refractivity contribution in [1.29, 1.82) is 0 Å². The smallest absolute Gasteiger partial charge is 0.263 e. The molecule has 0 radical (unpaired) electrons. The molecule has 1 aromatic heterocycles. The number of nitrogens with two attached hydrogens (primary N) is 1. The molecule has 3 nitrogen and oxygen atoms in total. The van der Waals surface area contributed by atoms with Crippen molar-refractivity contribution in [2.45, 2.75) is 33.6 Å². The van der Waals surface area contributed by atoms with Gasteiger partial charge in [0.2, 0.25) is 0 Å². The molecule has 1 amide bonds. The lowest BCUT2D eigenvalue weighted by atomic mass is 9.92. The maximum atomic E-state index is 12.4. The van der Waals surface area contributed by atoms with Crippen LogP contribution in [-0.4, -0.2) is 12.5 Å². The van der Waals surface area contributed by atoms with Crippen LogP contribution in [0.25, 0.3) is 10.1 Å². The lowest BCUT2D eigenvalue weighted by Gasteiger charge is -2.19. The minimum absolute atomic E-state index is 0.0294. The summed E-state index contributed by atoms with van der Waals surface area (Å²) in [6.45, 7) is 7.26. The zero-order valence-corrected chi connectivity index (χ0v) is 13.6. The molecule has 0 bridgehead atoms. The maximum absolute atomic E-state index is 12.4. The van der Waals surface area contributed by atoms with Gasteiger partial charge in [-0.2, -0.15) is 0 Å². The summed E-state index contributed by atoms with van der Waals surface area (Å²) >= 11 is 1.48. The standard InChI is InChI=1S/C17H22N2OS/c1-10(2)17(6-7-17)9-19-16(20)15-14(18)12-8-11(3)4-5-13(12)21-15/h4-5,8,10H,6-7,9,18H2,1-3H3,(H,19,20). The van der Waals surface area contributed by atoms with Crippen LogP contribution in [0.1, 0.15) is 41.9 Å². The fourth-order valence-electron chi connectivity index (χ4n) is 2.85. The number of fused-ring (bicyclic) bond motifs is 1. The Morgan fingerprint density at radius 2 is 2.14 bits per heavy atom. The highest BCUT2D eigenvalue weighted by Crippen LogP contribution is 2.51. The first kappa shape index (κ1) is 14.4. The van der Waals surface area contributed by atoms with Crippen molar-refractivity contribution < 1.29 is 4.79 Å². The third-order valence-electron chi connectivity index (χ3n) is 4.81. The largest absolute Gasteiger partial charge is 0.397 e. The zero-order valence-electron chi connectivity index (χ0n) is 12.8. The van der Waals surface area contributed by atoms with E-state index in [0.717, 1.165) is 22.2 Å². The normalized spacial score (nSPS) is 16.4. The summed E-state index contributed by atoms with van der Waals surface area (Å²) in [5, 5.41) is 4.09. The Hall–Kier alpha value is -1.55. The van der Waals surface area contributed by atoms with Gasteiger partial charge in [0.05, 0.1) is 5.69 Å². The zero-order chi connectivity index (χ0) is 15.2. The van der Waals surface area contributed by atoms with Crippen molar-refractivity contribution in [2.24, 2.45) is 11.3 Å². The van der Waals surface area contributed by atoms with Gasteiger partial charge in [0, 0.05) is 16.6 Å². The molecule has 4 heteroatoms. The highest BCUT2D eigenvalue weighted by molar-refractivity contribution is 7.21. The Morgan fingerprint density at radius 1 is 1.43 bits per heavy atom. The van der Waals surface area contributed by atoms with E-state index in [1.54, 1.807) is 0 Å². The quantitative estimate of drug-likeness (QED) is 0.898. The van der Waals surface area contributed by atoms with Crippen LogP contribution in [0.4, 0.5) is 5.69 Å². The predicted molar refractivity (Wildman–Crippen MR) is 89.8 cm³/mol. The summed E-state index contributed by atoms with van der Waals surface area (Å²) in [5.74, 6) is 0.582. The summed E-state index contributed by atoms with van der Waals surface area (Å²) < 4.78 is 1.08. The van der Waals surface area contributed by atoms with Crippen LogP contribution in [-0.2, 0) is 0 Å². The van der Waals surface area contributed by atoms with Crippen LogP contribution in [0, 0.1) is 18.3 Å². The molecule has 0 spiro atoms. The van der Waals surface area contributed by atoms with Crippen molar-refractivity contribution in [3.63, 3.8) is 0 Å². The van der Waals surface area contributed by atoms with E-state index in [4.69, 9.17) is 5.73 Å². The summed E-state index contributed by atoms with van der Waals surface area (Å²) in [7, 11) is 0. The Morgan fingerprint density at radius 3 is 2.76 bits per heavy atom. The molecule has 112 valence electrons. The molecule has 1 saturated carbocycles. The van der Waals surface area contributed by atoms with Crippen LogP contribution in [0.3, 0.4) is 0 Å². The van der Waals surface area contributed by atoms with Gasteiger partial charge < -0.3 is 11.1 Å². The van der Waals surface area contributed by atoms with Gasteiger partial charge in [-0.25, -0.2) is 0 Å². The van der Waals surface area contributed by atoms with E-state index in [2.05, 4.69) is 31.3 Å². The molecule has 0 unspecified atom stereocenters. The molecule has 0 saturated heterocycles. The number of hydrogen-bond acceptors (Lipinski definition) is 3. The van der Waals surface area contributed by atoms with E-state index in [9.17, 15) is 4.79 Å². The lowest BCUT2D eigenvalue weighted by Crippen LogP contribution is -2.32. The molecule has 1 aromatic carbocycles. The molecule has 2 aromatic rings. The first-order valence-electron chi connectivity index (χ1n) is 7.50. The van der Waals surface area contributed by atoms with E-state index in [1.807, 2.05) is 13.0 Å². The molecule has 1 aliphatic rings.